The van der Waals surface area contributed by atoms with E-state index in [4.69, 9.17) is 5.26 Å². The van der Waals surface area contributed by atoms with E-state index in [-0.39, 0.29) is 5.41 Å². The van der Waals surface area contributed by atoms with E-state index in [1.54, 1.807) is 0 Å². The molecule has 0 saturated carbocycles. The summed E-state index contributed by atoms with van der Waals surface area (Å²) >= 11 is 0. The van der Waals surface area contributed by atoms with Crippen molar-refractivity contribution in [1.82, 2.24) is 5.32 Å². The minimum absolute atomic E-state index is 0.182. The van der Waals surface area contributed by atoms with Gasteiger partial charge in [-0.15, -0.1) is 5.92 Å². The second kappa shape index (κ2) is 6.52. The van der Waals surface area contributed by atoms with E-state index >= 15 is 0 Å². The Kier molecular flexibility index (Phi) is 6.02. The Balaban J connectivity index is 3.35. The van der Waals surface area contributed by atoms with Crippen molar-refractivity contribution in [3.63, 3.8) is 0 Å². The van der Waals surface area contributed by atoms with E-state index in [0.717, 1.165) is 25.9 Å². The topological polar surface area (TPSA) is 35.8 Å². The van der Waals surface area contributed by atoms with Crippen molar-refractivity contribution < 1.29 is 0 Å². The fourth-order valence-corrected chi connectivity index (χ4v) is 0.951. The van der Waals surface area contributed by atoms with Crippen LogP contribution in [-0.4, -0.2) is 13.1 Å². The van der Waals surface area contributed by atoms with Crippen LogP contribution in [0.25, 0.3) is 0 Å². The zero-order valence-corrected chi connectivity index (χ0v) is 8.78. The Hall–Kier alpha value is -0.990. The van der Waals surface area contributed by atoms with Gasteiger partial charge in [0.2, 0.25) is 0 Å². The third-order valence-corrected chi connectivity index (χ3v) is 1.85. The number of hydrogen-bond donors (Lipinski definition) is 1. The van der Waals surface area contributed by atoms with Crippen LogP contribution in [0.5, 0.6) is 0 Å². The fourth-order valence-electron chi connectivity index (χ4n) is 0.951. The zero-order valence-electron chi connectivity index (χ0n) is 8.78. The maximum atomic E-state index is 8.74. The van der Waals surface area contributed by atoms with Crippen LogP contribution in [0.15, 0.2) is 0 Å². The summed E-state index contributed by atoms with van der Waals surface area (Å²) in [6.07, 6.45) is 1.97. The van der Waals surface area contributed by atoms with Crippen LogP contribution in [0.2, 0.25) is 0 Å². The zero-order chi connectivity index (χ0) is 10.2. The van der Waals surface area contributed by atoms with Crippen LogP contribution in [0.3, 0.4) is 0 Å². The van der Waals surface area contributed by atoms with Gasteiger partial charge >= 0.3 is 0 Å². The average Bonchev–Trinajstić information content (AvgIpc) is 2.11. The summed E-state index contributed by atoms with van der Waals surface area (Å²) < 4.78 is 0. The molecule has 0 aromatic carbocycles. The molecule has 0 aromatic rings. The van der Waals surface area contributed by atoms with Gasteiger partial charge in [-0.1, -0.05) is 5.92 Å². The quantitative estimate of drug-likeness (QED) is 0.516. The molecule has 0 bridgehead atoms. The van der Waals surface area contributed by atoms with Crippen LogP contribution < -0.4 is 5.32 Å². The standard InChI is InChI=1S/C11H18N2/c1-4-5-8-13-9-6-7-11(2,3)10-12/h13H,6-9H2,1-3H3. The highest BCUT2D eigenvalue weighted by Crippen LogP contribution is 2.19. The maximum Gasteiger partial charge on any atom is 0.0683 e. The van der Waals surface area contributed by atoms with Crippen LogP contribution in [0, 0.1) is 28.6 Å². The largest absolute Gasteiger partial charge is 0.306 e. The van der Waals surface area contributed by atoms with Crippen molar-refractivity contribution in [2.45, 2.75) is 33.6 Å². The van der Waals surface area contributed by atoms with Crippen molar-refractivity contribution in [3.05, 3.63) is 0 Å². The highest BCUT2D eigenvalue weighted by Gasteiger charge is 2.14. The Bertz CT molecular complexity index is 225. The van der Waals surface area contributed by atoms with E-state index in [0.29, 0.717) is 0 Å². The summed E-state index contributed by atoms with van der Waals surface area (Å²) in [7, 11) is 0. The first-order chi connectivity index (χ1) is 6.12. The summed E-state index contributed by atoms with van der Waals surface area (Å²) in [6, 6.07) is 2.29. The number of nitrogens with one attached hydrogen (secondary N) is 1. The van der Waals surface area contributed by atoms with E-state index in [9.17, 15) is 0 Å². The maximum absolute atomic E-state index is 8.74. The van der Waals surface area contributed by atoms with Crippen molar-refractivity contribution >= 4 is 0 Å². The van der Waals surface area contributed by atoms with E-state index in [2.05, 4.69) is 23.2 Å². The van der Waals surface area contributed by atoms with Gasteiger partial charge in [0.05, 0.1) is 18.0 Å². The molecule has 0 aliphatic rings. The molecule has 0 aliphatic heterocycles. The molecule has 0 amide bonds. The molecular weight excluding hydrogens is 160 g/mol. The molecule has 0 radical (unpaired) electrons. The third-order valence-electron chi connectivity index (χ3n) is 1.85. The van der Waals surface area contributed by atoms with Gasteiger partial charge in [-0.3, -0.25) is 0 Å². The molecule has 1 N–H and O–H groups in total. The molecule has 72 valence electrons. The lowest BCUT2D eigenvalue weighted by Gasteiger charge is -2.13. The summed E-state index contributed by atoms with van der Waals surface area (Å²) in [6.45, 7) is 7.47. The van der Waals surface area contributed by atoms with Gasteiger partial charge in [0.25, 0.3) is 0 Å². The summed E-state index contributed by atoms with van der Waals surface area (Å²) in [4.78, 5) is 0. The molecule has 0 atom stereocenters. The smallest absolute Gasteiger partial charge is 0.0683 e. The first kappa shape index (κ1) is 12.0. The highest BCUT2D eigenvalue weighted by molar-refractivity contribution is 4.97. The minimum atomic E-state index is -0.182. The predicted octanol–water partition coefficient (Wildman–Crippen LogP) is 1.93. The Morgan fingerprint density at radius 3 is 2.62 bits per heavy atom. The van der Waals surface area contributed by atoms with Gasteiger partial charge in [-0.25, -0.2) is 0 Å². The number of nitrogens with zero attached hydrogens (tertiary/aromatic N) is 1. The van der Waals surface area contributed by atoms with Gasteiger partial charge in [-0.2, -0.15) is 5.26 Å². The van der Waals surface area contributed by atoms with E-state index < -0.39 is 0 Å². The van der Waals surface area contributed by atoms with Gasteiger partial charge in [0, 0.05) is 0 Å². The van der Waals surface area contributed by atoms with Gasteiger partial charge in [-0.05, 0) is 40.2 Å². The second-order valence-corrected chi connectivity index (χ2v) is 3.70. The van der Waals surface area contributed by atoms with Crippen molar-refractivity contribution in [2.24, 2.45) is 5.41 Å². The average molecular weight is 178 g/mol. The lowest BCUT2D eigenvalue weighted by Crippen LogP contribution is -2.18. The molecule has 0 aliphatic carbocycles. The first-order valence-corrected chi connectivity index (χ1v) is 4.64. The molecule has 13 heavy (non-hydrogen) atoms. The number of rotatable bonds is 5. The Labute approximate surface area is 81.3 Å². The predicted molar refractivity (Wildman–Crippen MR) is 54.9 cm³/mol. The van der Waals surface area contributed by atoms with Crippen LogP contribution in [0.4, 0.5) is 0 Å². The molecule has 0 spiro atoms. The Morgan fingerprint density at radius 1 is 1.38 bits per heavy atom. The van der Waals surface area contributed by atoms with E-state index in [1.807, 2.05) is 20.8 Å². The molecule has 0 rings (SSSR count). The minimum Gasteiger partial charge on any atom is -0.306 e. The Morgan fingerprint density at radius 2 is 2.08 bits per heavy atom. The molecule has 0 aromatic heterocycles. The van der Waals surface area contributed by atoms with Crippen LogP contribution in [0.1, 0.15) is 33.6 Å². The molecule has 0 fully saturated rings. The van der Waals surface area contributed by atoms with Crippen molar-refractivity contribution in [1.29, 1.82) is 5.26 Å². The van der Waals surface area contributed by atoms with Crippen LogP contribution in [-0.2, 0) is 0 Å². The lowest BCUT2D eigenvalue weighted by atomic mass is 9.90. The summed E-state index contributed by atoms with van der Waals surface area (Å²) in [5, 5.41) is 11.9. The first-order valence-electron chi connectivity index (χ1n) is 4.64. The molecule has 2 heteroatoms. The van der Waals surface area contributed by atoms with Crippen molar-refractivity contribution in [2.75, 3.05) is 13.1 Å². The van der Waals surface area contributed by atoms with Gasteiger partial charge in [0.1, 0.15) is 0 Å². The molecule has 0 saturated heterocycles. The normalized spacial score (nSPS) is 10.0. The summed E-state index contributed by atoms with van der Waals surface area (Å²) in [5.74, 6) is 5.75. The molecule has 0 heterocycles. The fraction of sp³-hybridized carbons (Fsp3) is 0.727. The SMILES string of the molecule is CC#CCNCCCC(C)(C)C#N. The summed E-state index contributed by atoms with van der Waals surface area (Å²) in [5.41, 5.74) is -0.182. The monoisotopic (exact) mass is 178 g/mol. The third kappa shape index (κ3) is 7.37. The molecule has 0 unspecified atom stereocenters. The van der Waals surface area contributed by atoms with Crippen molar-refractivity contribution in [3.8, 4) is 17.9 Å². The molecule has 2 nitrogen and oxygen atoms in total. The number of nitriles is 1. The van der Waals surface area contributed by atoms with Gasteiger partial charge in [0.15, 0.2) is 0 Å². The number of hydrogen-bond acceptors (Lipinski definition) is 2. The highest BCUT2D eigenvalue weighted by atomic mass is 14.8. The van der Waals surface area contributed by atoms with Crippen LogP contribution >= 0.6 is 0 Å². The van der Waals surface area contributed by atoms with Gasteiger partial charge < -0.3 is 5.32 Å². The second-order valence-electron chi connectivity index (χ2n) is 3.70. The molecular formula is C11H18N2. The van der Waals surface area contributed by atoms with E-state index in [1.165, 1.54) is 0 Å². The lowest BCUT2D eigenvalue weighted by molar-refractivity contribution is 0.429.